The van der Waals surface area contributed by atoms with Gasteiger partial charge in [0.15, 0.2) is 5.78 Å². The maximum Gasteiger partial charge on any atom is 0.164 e. The Bertz CT molecular complexity index is 642. The maximum absolute atomic E-state index is 12.1. The van der Waals surface area contributed by atoms with E-state index >= 15 is 0 Å². The number of halogens is 2. The lowest BCUT2D eigenvalue weighted by Crippen LogP contribution is -2.09. The standard InChI is InChI=1S/C17H17Cl2NO2/c1-2-22-14-6-4-13(5-7-14)20-10-9-17(21)12-3-8-15(18)16(19)11-12/h3-8,11,20H,2,9-10H2,1H3. The summed E-state index contributed by atoms with van der Waals surface area (Å²) in [6, 6.07) is 12.6. The second-order valence-electron chi connectivity index (χ2n) is 4.69. The first kappa shape index (κ1) is 16.7. The molecule has 2 rings (SSSR count). The summed E-state index contributed by atoms with van der Waals surface area (Å²) in [5, 5.41) is 4.05. The van der Waals surface area contributed by atoms with Crippen molar-refractivity contribution in [2.75, 3.05) is 18.5 Å². The average molecular weight is 338 g/mol. The summed E-state index contributed by atoms with van der Waals surface area (Å²) in [5.41, 5.74) is 1.52. The molecule has 0 aliphatic carbocycles. The summed E-state index contributed by atoms with van der Waals surface area (Å²) in [6.07, 6.45) is 0.380. The van der Waals surface area contributed by atoms with Crippen molar-refractivity contribution in [3.8, 4) is 5.75 Å². The minimum atomic E-state index is 0.0250. The molecule has 0 saturated heterocycles. The van der Waals surface area contributed by atoms with Gasteiger partial charge in [0.2, 0.25) is 0 Å². The lowest BCUT2D eigenvalue weighted by molar-refractivity contribution is 0.0986. The topological polar surface area (TPSA) is 38.3 Å². The van der Waals surface area contributed by atoms with Gasteiger partial charge in [-0.1, -0.05) is 23.2 Å². The van der Waals surface area contributed by atoms with Gasteiger partial charge in [-0.2, -0.15) is 0 Å². The number of rotatable bonds is 7. The van der Waals surface area contributed by atoms with Crippen molar-refractivity contribution in [3.05, 3.63) is 58.1 Å². The van der Waals surface area contributed by atoms with E-state index in [0.717, 1.165) is 11.4 Å². The number of carbonyl (C=O) groups excluding carboxylic acids is 1. The molecule has 0 atom stereocenters. The highest BCUT2D eigenvalue weighted by Crippen LogP contribution is 2.23. The number of nitrogens with one attached hydrogen (secondary N) is 1. The second kappa shape index (κ2) is 8.06. The van der Waals surface area contributed by atoms with E-state index in [2.05, 4.69) is 5.32 Å². The van der Waals surface area contributed by atoms with Crippen LogP contribution in [-0.2, 0) is 0 Å². The number of ketones is 1. The van der Waals surface area contributed by atoms with E-state index < -0.39 is 0 Å². The minimum Gasteiger partial charge on any atom is -0.494 e. The molecule has 0 amide bonds. The van der Waals surface area contributed by atoms with E-state index in [1.165, 1.54) is 0 Å². The van der Waals surface area contributed by atoms with Gasteiger partial charge in [-0.05, 0) is 49.4 Å². The van der Waals surface area contributed by atoms with Crippen molar-refractivity contribution in [3.63, 3.8) is 0 Å². The van der Waals surface area contributed by atoms with Crippen LogP contribution in [0.4, 0.5) is 5.69 Å². The molecule has 5 heteroatoms. The third kappa shape index (κ3) is 4.65. The Hall–Kier alpha value is -1.71. The molecule has 22 heavy (non-hydrogen) atoms. The molecule has 3 nitrogen and oxygen atoms in total. The largest absolute Gasteiger partial charge is 0.494 e. The van der Waals surface area contributed by atoms with Crippen LogP contribution >= 0.6 is 23.2 Å². The van der Waals surface area contributed by atoms with E-state index in [4.69, 9.17) is 27.9 Å². The van der Waals surface area contributed by atoms with Gasteiger partial charge in [-0.25, -0.2) is 0 Å². The molecule has 2 aromatic carbocycles. The normalized spacial score (nSPS) is 10.3. The van der Waals surface area contributed by atoms with Gasteiger partial charge in [-0.15, -0.1) is 0 Å². The minimum absolute atomic E-state index is 0.0250. The molecule has 116 valence electrons. The van der Waals surface area contributed by atoms with Crippen LogP contribution in [0.5, 0.6) is 5.75 Å². The van der Waals surface area contributed by atoms with E-state index in [1.807, 2.05) is 31.2 Å². The van der Waals surface area contributed by atoms with Crippen LogP contribution in [0, 0.1) is 0 Å². The van der Waals surface area contributed by atoms with Crippen LogP contribution in [0.2, 0.25) is 10.0 Å². The molecule has 0 aliphatic rings. The van der Waals surface area contributed by atoms with Gasteiger partial charge in [0.25, 0.3) is 0 Å². The molecule has 0 fully saturated rings. The Morgan fingerprint density at radius 3 is 2.45 bits per heavy atom. The molecule has 0 bridgehead atoms. The second-order valence-corrected chi connectivity index (χ2v) is 5.50. The van der Waals surface area contributed by atoms with Crippen LogP contribution in [0.1, 0.15) is 23.7 Å². The smallest absolute Gasteiger partial charge is 0.164 e. The number of carbonyl (C=O) groups is 1. The molecule has 0 radical (unpaired) electrons. The zero-order valence-electron chi connectivity index (χ0n) is 12.2. The van der Waals surface area contributed by atoms with Gasteiger partial charge in [0.1, 0.15) is 5.75 Å². The van der Waals surface area contributed by atoms with E-state index in [9.17, 15) is 4.79 Å². The molecule has 0 saturated carbocycles. The van der Waals surface area contributed by atoms with Crippen LogP contribution in [0.15, 0.2) is 42.5 Å². The Balaban J connectivity index is 1.84. The molecule has 2 aromatic rings. The van der Waals surface area contributed by atoms with Crippen LogP contribution in [-0.4, -0.2) is 18.9 Å². The fraction of sp³-hybridized carbons (Fsp3) is 0.235. The monoisotopic (exact) mass is 337 g/mol. The van der Waals surface area contributed by atoms with E-state index in [1.54, 1.807) is 18.2 Å². The zero-order valence-corrected chi connectivity index (χ0v) is 13.7. The number of Topliss-reactive ketones (excluding diaryl/α,β-unsaturated/α-hetero) is 1. The highest BCUT2D eigenvalue weighted by atomic mass is 35.5. The highest BCUT2D eigenvalue weighted by Gasteiger charge is 2.08. The van der Waals surface area contributed by atoms with Crippen molar-refractivity contribution < 1.29 is 9.53 Å². The molecule has 0 aromatic heterocycles. The van der Waals surface area contributed by atoms with Gasteiger partial charge in [0.05, 0.1) is 16.7 Å². The molecule has 0 spiro atoms. The van der Waals surface area contributed by atoms with Crippen LogP contribution in [0.3, 0.4) is 0 Å². The van der Waals surface area contributed by atoms with Crippen molar-refractivity contribution in [1.29, 1.82) is 0 Å². The van der Waals surface area contributed by atoms with Gasteiger partial charge in [0, 0.05) is 24.2 Å². The SMILES string of the molecule is CCOc1ccc(NCCC(=O)c2ccc(Cl)c(Cl)c2)cc1. The number of hydrogen-bond donors (Lipinski definition) is 1. The van der Waals surface area contributed by atoms with Gasteiger partial charge in [-0.3, -0.25) is 4.79 Å². The Morgan fingerprint density at radius 2 is 1.82 bits per heavy atom. The van der Waals surface area contributed by atoms with Crippen molar-refractivity contribution in [1.82, 2.24) is 0 Å². The first-order valence-electron chi connectivity index (χ1n) is 7.05. The lowest BCUT2D eigenvalue weighted by Gasteiger charge is -2.08. The molecular formula is C17H17Cl2NO2. The fourth-order valence-electron chi connectivity index (χ4n) is 1.97. The summed E-state index contributed by atoms with van der Waals surface area (Å²) in [6.45, 7) is 3.14. The molecular weight excluding hydrogens is 321 g/mol. The first-order valence-corrected chi connectivity index (χ1v) is 7.80. The third-order valence-corrected chi connectivity index (χ3v) is 3.83. The third-order valence-electron chi connectivity index (χ3n) is 3.09. The Labute approximate surface area is 140 Å². The predicted molar refractivity (Wildman–Crippen MR) is 91.5 cm³/mol. The Morgan fingerprint density at radius 1 is 1.09 bits per heavy atom. The number of hydrogen-bond acceptors (Lipinski definition) is 3. The van der Waals surface area contributed by atoms with Gasteiger partial charge >= 0.3 is 0 Å². The number of anilines is 1. The zero-order chi connectivity index (χ0) is 15.9. The maximum atomic E-state index is 12.1. The molecule has 0 heterocycles. The summed E-state index contributed by atoms with van der Waals surface area (Å²) in [7, 11) is 0. The first-order chi connectivity index (χ1) is 10.6. The summed E-state index contributed by atoms with van der Waals surface area (Å²) < 4.78 is 5.38. The summed E-state index contributed by atoms with van der Waals surface area (Å²) >= 11 is 11.8. The molecule has 0 unspecified atom stereocenters. The fourth-order valence-corrected chi connectivity index (χ4v) is 2.27. The quantitative estimate of drug-likeness (QED) is 0.716. The summed E-state index contributed by atoms with van der Waals surface area (Å²) in [4.78, 5) is 12.1. The average Bonchev–Trinajstić information content (AvgIpc) is 2.52. The lowest BCUT2D eigenvalue weighted by atomic mass is 10.1. The highest BCUT2D eigenvalue weighted by molar-refractivity contribution is 6.42. The predicted octanol–water partition coefficient (Wildman–Crippen LogP) is 5.08. The van der Waals surface area contributed by atoms with Crippen molar-refractivity contribution in [2.24, 2.45) is 0 Å². The Kier molecular flexibility index (Phi) is 6.10. The number of benzene rings is 2. The summed E-state index contributed by atoms with van der Waals surface area (Å²) in [5.74, 6) is 0.858. The molecule has 0 aliphatic heterocycles. The van der Waals surface area contributed by atoms with Crippen LogP contribution in [0.25, 0.3) is 0 Å². The van der Waals surface area contributed by atoms with Crippen LogP contribution < -0.4 is 10.1 Å². The van der Waals surface area contributed by atoms with E-state index in [0.29, 0.717) is 35.2 Å². The molecule has 1 N–H and O–H groups in total. The van der Waals surface area contributed by atoms with E-state index in [-0.39, 0.29) is 5.78 Å². The number of ether oxygens (including phenoxy) is 1. The van der Waals surface area contributed by atoms with Crippen molar-refractivity contribution >= 4 is 34.7 Å². The van der Waals surface area contributed by atoms with Gasteiger partial charge < -0.3 is 10.1 Å². The van der Waals surface area contributed by atoms with Crippen molar-refractivity contribution in [2.45, 2.75) is 13.3 Å².